The van der Waals surface area contributed by atoms with Gasteiger partial charge in [-0.2, -0.15) is 5.10 Å². The number of benzene rings is 1. The summed E-state index contributed by atoms with van der Waals surface area (Å²) >= 11 is 0. The highest BCUT2D eigenvalue weighted by molar-refractivity contribution is 5.73. The topological polar surface area (TPSA) is 80.7 Å². The molecule has 2 amide bonds. The van der Waals surface area contributed by atoms with Crippen LogP contribution in [-0.2, 0) is 7.05 Å². The Bertz CT molecular complexity index is 928. The van der Waals surface area contributed by atoms with Gasteiger partial charge in [-0.15, -0.1) is 0 Å². The molecule has 4 atom stereocenters. The first kappa shape index (κ1) is 21.5. The number of rotatable bonds is 7. The van der Waals surface area contributed by atoms with Crippen molar-refractivity contribution in [3.63, 3.8) is 0 Å². The van der Waals surface area contributed by atoms with E-state index >= 15 is 0 Å². The molecule has 8 nitrogen and oxygen atoms in total. The van der Waals surface area contributed by atoms with Crippen molar-refractivity contribution in [1.82, 2.24) is 25.3 Å². The summed E-state index contributed by atoms with van der Waals surface area (Å²) in [6.45, 7) is 5.40. The summed E-state index contributed by atoms with van der Waals surface area (Å²) in [6, 6.07) is 8.47. The van der Waals surface area contributed by atoms with E-state index in [1.165, 1.54) is 12.1 Å². The number of hydrogen-bond donors (Lipinski definition) is 2. The fourth-order valence-corrected chi connectivity index (χ4v) is 5.08. The Morgan fingerprint density at radius 1 is 1.19 bits per heavy atom. The van der Waals surface area contributed by atoms with Gasteiger partial charge in [0, 0.05) is 49.9 Å². The van der Waals surface area contributed by atoms with E-state index in [0.717, 1.165) is 30.8 Å². The fraction of sp³-hybridized carbons (Fsp3) is 0.565. The van der Waals surface area contributed by atoms with Gasteiger partial charge in [0.05, 0.1) is 19.9 Å². The van der Waals surface area contributed by atoms with Gasteiger partial charge in [-0.25, -0.2) is 4.79 Å². The third kappa shape index (κ3) is 4.35. The number of aryl methyl sites for hydroxylation is 1. The number of nitrogens with zero attached hydrogens (tertiary/aromatic N) is 3. The summed E-state index contributed by atoms with van der Waals surface area (Å²) in [6.07, 6.45) is 2.30. The summed E-state index contributed by atoms with van der Waals surface area (Å²) in [7, 11) is 5.32. The SMILES string of the molecule is CCNC(=O)NCC1CC2CCN1CC2c1cc(-c2ccc(OC)c(OC)c2)nn1C. The normalized spacial score (nSPS) is 24.6. The Morgan fingerprint density at radius 2 is 2.00 bits per heavy atom. The number of carbonyl (C=O) groups is 1. The Labute approximate surface area is 183 Å². The van der Waals surface area contributed by atoms with Crippen LogP contribution in [0.15, 0.2) is 24.3 Å². The first-order valence-electron chi connectivity index (χ1n) is 11.1. The van der Waals surface area contributed by atoms with E-state index in [9.17, 15) is 4.79 Å². The Morgan fingerprint density at radius 3 is 2.68 bits per heavy atom. The van der Waals surface area contributed by atoms with Gasteiger partial charge in [-0.05, 0) is 56.5 Å². The maximum Gasteiger partial charge on any atom is 0.314 e. The van der Waals surface area contributed by atoms with Crippen LogP contribution < -0.4 is 20.1 Å². The lowest BCUT2D eigenvalue weighted by Gasteiger charge is -2.49. The molecule has 8 heteroatoms. The Balaban J connectivity index is 1.48. The molecule has 2 bridgehead atoms. The molecule has 2 N–H and O–H groups in total. The van der Waals surface area contributed by atoms with E-state index in [4.69, 9.17) is 14.6 Å². The summed E-state index contributed by atoms with van der Waals surface area (Å²) in [5, 5.41) is 10.6. The fourth-order valence-electron chi connectivity index (χ4n) is 5.08. The number of amides is 2. The van der Waals surface area contributed by atoms with Crippen LogP contribution >= 0.6 is 0 Å². The molecule has 1 aromatic carbocycles. The Hall–Kier alpha value is -2.74. The number of carbonyl (C=O) groups excluding carboxylic acids is 1. The molecule has 3 aliphatic rings. The molecule has 2 aromatic rings. The highest BCUT2D eigenvalue weighted by Crippen LogP contribution is 2.42. The van der Waals surface area contributed by atoms with Crippen molar-refractivity contribution < 1.29 is 14.3 Å². The zero-order valence-electron chi connectivity index (χ0n) is 18.9. The van der Waals surface area contributed by atoms with E-state index in [0.29, 0.717) is 42.5 Å². The quantitative estimate of drug-likeness (QED) is 0.710. The monoisotopic (exact) mass is 427 g/mol. The number of methoxy groups -OCH3 is 2. The van der Waals surface area contributed by atoms with Crippen molar-refractivity contribution in [2.75, 3.05) is 40.4 Å². The molecule has 5 rings (SSSR count). The third-order valence-electron chi connectivity index (χ3n) is 6.69. The van der Waals surface area contributed by atoms with Crippen molar-refractivity contribution in [3.05, 3.63) is 30.0 Å². The van der Waals surface area contributed by atoms with Crippen LogP contribution in [0.3, 0.4) is 0 Å². The maximum absolute atomic E-state index is 11.8. The van der Waals surface area contributed by atoms with Crippen LogP contribution in [0.4, 0.5) is 4.79 Å². The van der Waals surface area contributed by atoms with Crippen LogP contribution in [0.5, 0.6) is 11.5 Å². The molecule has 4 heterocycles. The second kappa shape index (κ2) is 9.18. The zero-order chi connectivity index (χ0) is 22.0. The summed E-state index contributed by atoms with van der Waals surface area (Å²) in [4.78, 5) is 14.3. The van der Waals surface area contributed by atoms with Crippen LogP contribution in [0.25, 0.3) is 11.3 Å². The third-order valence-corrected chi connectivity index (χ3v) is 6.69. The number of fused-ring (bicyclic) bond motifs is 3. The summed E-state index contributed by atoms with van der Waals surface area (Å²) in [5.41, 5.74) is 3.24. The average molecular weight is 428 g/mol. The van der Waals surface area contributed by atoms with Gasteiger partial charge in [0.15, 0.2) is 11.5 Å². The zero-order valence-corrected chi connectivity index (χ0v) is 18.9. The van der Waals surface area contributed by atoms with Gasteiger partial charge in [0.25, 0.3) is 0 Å². The lowest BCUT2D eigenvalue weighted by atomic mass is 9.74. The molecule has 3 aliphatic heterocycles. The van der Waals surface area contributed by atoms with Crippen molar-refractivity contribution >= 4 is 6.03 Å². The second-order valence-corrected chi connectivity index (χ2v) is 8.43. The number of ether oxygens (including phenoxy) is 2. The summed E-state index contributed by atoms with van der Waals surface area (Å²) in [5.74, 6) is 2.49. The number of hydrogen-bond acceptors (Lipinski definition) is 5. The Kier molecular flexibility index (Phi) is 6.36. The van der Waals surface area contributed by atoms with Crippen molar-refractivity contribution in [1.29, 1.82) is 0 Å². The second-order valence-electron chi connectivity index (χ2n) is 8.43. The molecule has 1 aromatic heterocycles. The van der Waals surface area contributed by atoms with Crippen molar-refractivity contribution in [2.24, 2.45) is 13.0 Å². The number of aromatic nitrogens is 2. The molecule has 4 unspecified atom stereocenters. The smallest absolute Gasteiger partial charge is 0.314 e. The van der Waals surface area contributed by atoms with Gasteiger partial charge in [0.1, 0.15) is 0 Å². The molecular weight excluding hydrogens is 394 g/mol. The lowest BCUT2D eigenvalue weighted by Crippen LogP contribution is -2.56. The first-order valence-corrected chi connectivity index (χ1v) is 11.1. The van der Waals surface area contributed by atoms with Gasteiger partial charge < -0.3 is 20.1 Å². The largest absolute Gasteiger partial charge is 0.493 e. The van der Waals surface area contributed by atoms with Crippen LogP contribution in [0.2, 0.25) is 0 Å². The average Bonchev–Trinajstić information content (AvgIpc) is 3.19. The molecule has 31 heavy (non-hydrogen) atoms. The summed E-state index contributed by atoms with van der Waals surface area (Å²) < 4.78 is 12.8. The molecular formula is C23H33N5O3. The van der Waals surface area contributed by atoms with E-state index in [-0.39, 0.29) is 6.03 Å². The minimum atomic E-state index is -0.0760. The molecule has 3 saturated heterocycles. The first-order chi connectivity index (χ1) is 15.0. The van der Waals surface area contributed by atoms with Crippen LogP contribution in [0.1, 0.15) is 31.4 Å². The maximum atomic E-state index is 11.8. The molecule has 0 saturated carbocycles. The molecule has 0 aliphatic carbocycles. The highest BCUT2D eigenvalue weighted by atomic mass is 16.5. The predicted octanol–water partition coefficient (Wildman–Crippen LogP) is 2.60. The molecule has 0 radical (unpaired) electrons. The highest BCUT2D eigenvalue weighted by Gasteiger charge is 2.41. The van der Waals surface area contributed by atoms with Crippen LogP contribution in [-0.4, -0.2) is 67.2 Å². The van der Waals surface area contributed by atoms with Crippen molar-refractivity contribution in [2.45, 2.75) is 31.7 Å². The standard InChI is InChI=1S/C23H33N5O3/c1-5-24-23(29)25-13-17-10-15-8-9-28(17)14-18(15)20-12-19(26-27(20)2)16-6-7-21(30-3)22(11-16)31-4/h6-7,11-12,15,17-18H,5,8-10,13-14H2,1-4H3,(H2,24,25,29). The number of nitrogens with one attached hydrogen (secondary N) is 2. The van der Waals surface area contributed by atoms with E-state index < -0.39 is 0 Å². The van der Waals surface area contributed by atoms with Gasteiger partial charge >= 0.3 is 6.03 Å². The minimum absolute atomic E-state index is 0.0760. The van der Waals surface area contributed by atoms with Gasteiger partial charge in [0.2, 0.25) is 0 Å². The van der Waals surface area contributed by atoms with E-state index in [2.05, 4.69) is 21.6 Å². The number of piperidine rings is 3. The molecule has 0 spiro atoms. The minimum Gasteiger partial charge on any atom is -0.493 e. The van der Waals surface area contributed by atoms with Crippen molar-refractivity contribution in [3.8, 4) is 22.8 Å². The van der Waals surface area contributed by atoms with E-state index in [1.807, 2.05) is 36.9 Å². The lowest BCUT2D eigenvalue weighted by molar-refractivity contribution is 0.0294. The van der Waals surface area contributed by atoms with Gasteiger partial charge in [-0.3, -0.25) is 9.58 Å². The predicted molar refractivity (Wildman–Crippen MR) is 120 cm³/mol. The van der Waals surface area contributed by atoms with Gasteiger partial charge in [-0.1, -0.05) is 0 Å². The molecule has 3 fully saturated rings. The van der Waals surface area contributed by atoms with E-state index in [1.54, 1.807) is 14.2 Å². The molecule has 168 valence electrons. The van der Waals surface area contributed by atoms with Crippen LogP contribution in [0, 0.1) is 5.92 Å². The number of urea groups is 1.